The zero-order chi connectivity index (χ0) is 19.2. The molecular formula is C20H17FN2O3S. The van der Waals surface area contributed by atoms with E-state index in [0.29, 0.717) is 23.8 Å². The van der Waals surface area contributed by atoms with Gasteiger partial charge < -0.3 is 4.74 Å². The summed E-state index contributed by atoms with van der Waals surface area (Å²) in [6.07, 6.45) is 1.80. The van der Waals surface area contributed by atoms with Crippen LogP contribution >= 0.6 is 11.8 Å². The molecule has 0 radical (unpaired) electrons. The van der Waals surface area contributed by atoms with Crippen molar-refractivity contribution in [3.8, 4) is 0 Å². The fraction of sp³-hybridized carbons (Fsp3) is 0.150. The number of hydrogen-bond donors (Lipinski definition) is 0. The fourth-order valence-corrected chi connectivity index (χ4v) is 3.45. The van der Waals surface area contributed by atoms with Crippen LogP contribution in [0.15, 0.2) is 70.6 Å². The van der Waals surface area contributed by atoms with Crippen molar-refractivity contribution in [1.29, 1.82) is 0 Å². The van der Waals surface area contributed by atoms with Gasteiger partial charge >= 0.3 is 5.97 Å². The van der Waals surface area contributed by atoms with Gasteiger partial charge in [-0.3, -0.25) is 9.69 Å². The molecule has 27 heavy (non-hydrogen) atoms. The minimum absolute atomic E-state index is 0.246. The van der Waals surface area contributed by atoms with E-state index in [-0.39, 0.29) is 16.6 Å². The van der Waals surface area contributed by atoms with Gasteiger partial charge in [0.05, 0.1) is 17.7 Å². The molecule has 0 N–H and O–H groups in total. The van der Waals surface area contributed by atoms with Crippen LogP contribution in [0.25, 0.3) is 0 Å². The Bertz CT molecular complexity index is 895. The summed E-state index contributed by atoms with van der Waals surface area (Å²) >= 11 is 1.10. The van der Waals surface area contributed by atoms with Crippen LogP contribution in [0.5, 0.6) is 0 Å². The number of carbonyl (C=O) groups is 2. The topological polar surface area (TPSA) is 59.0 Å². The second-order valence-electron chi connectivity index (χ2n) is 5.70. The smallest absolute Gasteiger partial charge is 0.331 e. The van der Waals surface area contributed by atoms with E-state index in [9.17, 15) is 14.0 Å². The maximum absolute atomic E-state index is 13.1. The van der Waals surface area contributed by atoms with E-state index in [0.717, 1.165) is 23.4 Å². The summed E-state index contributed by atoms with van der Waals surface area (Å²) in [6.45, 7) is 0.411. The van der Waals surface area contributed by atoms with Crippen molar-refractivity contribution in [2.24, 2.45) is 4.99 Å². The van der Waals surface area contributed by atoms with Gasteiger partial charge in [-0.05, 0) is 48.0 Å². The molecule has 0 aliphatic carbocycles. The lowest BCUT2D eigenvalue weighted by atomic mass is 10.1. The Kier molecular flexibility index (Phi) is 6.03. The van der Waals surface area contributed by atoms with E-state index in [2.05, 4.69) is 9.73 Å². The molecule has 1 heterocycles. The predicted molar refractivity (Wildman–Crippen MR) is 103 cm³/mol. The van der Waals surface area contributed by atoms with Crippen LogP contribution in [0.1, 0.15) is 5.56 Å². The quantitative estimate of drug-likeness (QED) is 0.583. The molecule has 1 fully saturated rings. The van der Waals surface area contributed by atoms with Gasteiger partial charge in [-0.2, -0.15) is 0 Å². The van der Waals surface area contributed by atoms with Gasteiger partial charge in [-0.15, -0.1) is 0 Å². The molecule has 0 saturated carbocycles. The van der Waals surface area contributed by atoms with Crippen molar-refractivity contribution in [3.05, 3.63) is 77.0 Å². The van der Waals surface area contributed by atoms with E-state index in [4.69, 9.17) is 0 Å². The summed E-state index contributed by atoms with van der Waals surface area (Å²) < 4.78 is 17.7. The molecule has 0 bridgehead atoms. The van der Waals surface area contributed by atoms with Crippen LogP contribution in [0.2, 0.25) is 0 Å². The molecule has 1 saturated heterocycles. The second kappa shape index (κ2) is 8.64. The predicted octanol–water partition coefficient (Wildman–Crippen LogP) is 3.69. The molecule has 2 aromatic rings. The van der Waals surface area contributed by atoms with Gasteiger partial charge in [0.1, 0.15) is 5.82 Å². The second-order valence-corrected chi connectivity index (χ2v) is 6.71. The first-order valence-electron chi connectivity index (χ1n) is 8.24. The van der Waals surface area contributed by atoms with Gasteiger partial charge in [0.2, 0.25) is 0 Å². The first-order chi connectivity index (χ1) is 13.1. The van der Waals surface area contributed by atoms with Crippen LogP contribution in [0.4, 0.5) is 10.1 Å². The summed E-state index contributed by atoms with van der Waals surface area (Å²) in [5.41, 5.74) is 1.61. The Hall–Kier alpha value is -2.93. The molecule has 0 atom stereocenters. The summed E-state index contributed by atoms with van der Waals surface area (Å²) in [6, 6.07) is 15.4. The number of methoxy groups -OCH3 is 1. The van der Waals surface area contributed by atoms with E-state index in [1.807, 2.05) is 30.3 Å². The van der Waals surface area contributed by atoms with Crippen molar-refractivity contribution in [2.75, 3.05) is 13.7 Å². The van der Waals surface area contributed by atoms with Crippen LogP contribution in [-0.4, -0.2) is 35.6 Å². The monoisotopic (exact) mass is 384 g/mol. The zero-order valence-corrected chi connectivity index (χ0v) is 15.4. The van der Waals surface area contributed by atoms with Gasteiger partial charge in [-0.25, -0.2) is 14.2 Å². The maximum Gasteiger partial charge on any atom is 0.331 e. The fourth-order valence-electron chi connectivity index (χ4n) is 2.47. The lowest BCUT2D eigenvalue weighted by Gasteiger charge is -2.15. The van der Waals surface area contributed by atoms with Gasteiger partial charge in [-0.1, -0.05) is 30.3 Å². The van der Waals surface area contributed by atoms with Crippen LogP contribution in [0.3, 0.4) is 0 Å². The molecule has 0 unspecified atom stereocenters. The number of rotatable bonds is 5. The van der Waals surface area contributed by atoms with Gasteiger partial charge in [0.25, 0.3) is 5.91 Å². The highest BCUT2D eigenvalue weighted by Gasteiger charge is 2.33. The van der Waals surface area contributed by atoms with Gasteiger partial charge in [0, 0.05) is 12.6 Å². The number of amides is 1. The third kappa shape index (κ3) is 4.83. The number of hydrogen-bond acceptors (Lipinski definition) is 5. The Balaban J connectivity index is 1.87. The van der Waals surface area contributed by atoms with E-state index < -0.39 is 5.97 Å². The highest BCUT2D eigenvalue weighted by atomic mass is 32.2. The summed E-state index contributed by atoms with van der Waals surface area (Å²) in [5, 5.41) is 0.442. The summed E-state index contributed by atoms with van der Waals surface area (Å²) in [7, 11) is 1.25. The van der Waals surface area contributed by atoms with Crippen LogP contribution in [0, 0.1) is 5.82 Å². The number of benzene rings is 2. The molecule has 7 heteroatoms. The van der Waals surface area contributed by atoms with Crippen molar-refractivity contribution >= 4 is 34.5 Å². The number of amidine groups is 1. The van der Waals surface area contributed by atoms with Gasteiger partial charge in [0.15, 0.2) is 5.17 Å². The molecule has 138 valence electrons. The Labute approximate surface area is 160 Å². The standard InChI is InChI=1S/C20H17FN2O3S/c1-26-18(24)13-17-19(25)23(12-11-14-5-3-2-4-6-14)20(27-17)22-16-9-7-15(21)8-10-16/h2-10,13H,11-12H2,1H3. The minimum Gasteiger partial charge on any atom is -0.466 e. The van der Waals surface area contributed by atoms with Crippen molar-refractivity contribution in [2.45, 2.75) is 6.42 Å². The molecule has 0 spiro atoms. The highest BCUT2D eigenvalue weighted by molar-refractivity contribution is 8.18. The average molecular weight is 384 g/mol. The summed E-state index contributed by atoms with van der Waals surface area (Å²) in [4.78, 5) is 30.5. The SMILES string of the molecule is COC(=O)C=C1SC(=Nc2ccc(F)cc2)N(CCc2ccccc2)C1=O. The van der Waals surface area contributed by atoms with Crippen LogP contribution in [-0.2, 0) is 20.7 Å². The number of esters is 1. The minimum atomic E-state index is -0.600. The lowest BCUT2D eigenvalue weighted by Crippen LogP contribution is -2.31. The largest absolute Gasteiger partial charge is 0.466 e. The number of nitrogens with zero attached hydrogens (tertiary/aromatic N) is 2. The Morgan fingerprint density at radius 1 is 1.19 bits per heavy atom. The number of aliphatic imine (C=N–C) groups is 1. The first kappa shape index (κ1) is 18.8. The molecule has 1 aliphatic rings. The van der Waals surface area contributed by atoms with Crippen LogP contribution < -0.4 is 0 Å². The molecule has 2 aromatic carbocycles. The zero-order valence-electron chi connectivity index (χ0n) is 14.6. The number of carbonyl (C=O) groups excluding carboxylic acids is 2. The van der Waals surface area contributed by atoms with Crippen molar-refractivity contribution in [3.63, 3.8) is 0 Å². The average Bonchev–Trinajstić information content (AvgIpc) is 2.97. The Morgan fingerprint density at radius 3 is 2.56 bits per heavy atom. The maximum atomic E-state index is 13.1. The molecule has 3 rings (SSSR count). The first-order valence-corrected chi connectivity index (χ1v) is 9.06. The highest BCUT2D eigenvalue weighted by Crippen LogP contribution is 2.33. The molecular weight excluding hydrogens is 367 g/mol. The third-order valence-corrected chi connectivity index (χ3v) is 4.86. The third-order valence-electron chi connectivity index (χ3n) is 3.86. The van der Waals surface area contributed by atoms with Crippen molar-refractivity contribution < 1.29 is 18.7 Å². The Morgan fingerprint density at radius 2 is 1.89 bits per heavy atom. The van der Waals surface area contributed by atoms with Crippen molar-refractivity contribution in [1.82, 2.24) is 4.90 Å². The molecule has 0 aromatic heterocycles. The molecule has 1 aliphatic heterocycles. The molecule has 1 amide bonds. The van der Waals surface area contributed by atoms with E-state index in [1.165, 1.54) is 36.3 Å². The summed E-state index contributed by atoms with van der Waals surface area (Å²) in [5.74, 6) is -1.26. The van der Waals surface area contributed by atoms with E-state index in [1.54, 1.807) is 0 Å². The van der Waals surface area contributed by atoms with E-state index >= 15 is 0 Å². The molecule has 5 nitrogen and oxygen atoms in total. The number of ether oxygens (including phenoxy) is 1. The number of halogens is 1. The number of thioether (sulfide) groups is 1. The lowest BCUT2D eigenvalue weighted by molar-refractivity contribution is -0.135. The normalized spacial score (nSPS) is 17.0.